The summed E-state index contributed by atoms with van der Waals surface area (Å²) in [7, 11) is 0. The standard InChI is InChI=1S/C14H21F3N2/c1-10(2)19(9-14(15,16)17)13(8-18)12-6-4-5-11(3)7-12/h4-7,10,13H,8-9,18H2,1-3H3. The molecule has 0 saturated carbocycles. The molecule has 1 rings (SSSR count). The van der Waals surface area contributed by atoms with E-state index in [1.165, 1.54) is 4.90 Å². The van der Waals surface area contributed by atoms with Crippen molar-refractivity contribution in [3.8, 4) is 0 Å². The maximum absolute atomic E-state index is 12.7. The SMILES string of the molecule is Cc1cccc(C(CN)N(CC(F)(F)F)C(C)C)c1. The Bertz CT molecular complexity index is 402. The second-order valence-electron chi connectivity index (χ2n) is 5.05. The number of rotatable bonds is 5. The fourth-order valence-electron chi connectivity index (χ4n) is 2.20. The van der Waals surface area contributed by atoms with E-state index in [1.807, 2.05) is 31.2 Å². The van der Waals surface area contributed by atoms with Gasteiger partial charge in [0.15, 0.2) is 0 Å². The summed E-state index contributed by atoms with van der Waals surface area (Å²) in [4.78, 5) is 1.40. The van der Waals surface area contributed by atoms with Gasteiger partial charge in [-0.05, 0) is 26.3 Å². The van der Waals surface area contributed by atoms with Crippen molar-refractivity contribution in [3.63, 3.8) is 0 Å². The van der Waals surface area contributed by atoms with Crippen LogP contribution in [0.15, 0.2) is 24.3 Å². The van der Waals surface area contributed by atoms with Crippen LogP contribution < -0.4 is 5.73 Å². The van der Waals surface area contributed by atoms with Crippen molar-refractivity contribution in [2.45, 2.75) is 39.0 Å². The molecule has 0 aliphatic carbocycles. The van der Waals surface area contributed by atoms with E-state index in [2.05, 4.69) is 0 Å². The van der Waals surface area contributed by atoms with Gasteiger partial charge in [0.1, 0.15) is 0 Å². The van der Waals surface area contributed by atoms with Gasteiger partial charge in [0.25, 0.3) is 0 Å². The van der Waals surface area contributed by atoms with Crippen molar-refractivity contribution in [1.82, 2.24) is 4.90 Å². The molecule has 0 aromatic heterocycles. The predicted octanol–water partition coefficient (Wildman–Crippen LogP) is 3.27. The van der Waals surface area contributed by atoms with E-state index in [-0.39, 0.29) is 12.6 Å². The van der Waals surface area contributed by atoms with Crippen molar-refractivity contribution < 1.29 is 13.2 Å². The molecule has 108 valence electrons. The lowest BCUT2D eigenvalue weighted by Crippen LogP contribution is -2.44. The van der Waals surface area contributed by atoms with E-state index < -0.39 is 18.8 Å². The molecule has 0 amide bonds. The molecular formula is C14H21F3N2. The second-order valence-corrected chi connectivity index (χ2v) is 5.05. The monoisotopic (exact) mass is 274 g/mol. The third-order valence-electron chi connectivity index (χ3n) is 3.08. The van der Waals surface area contributed by atoms with Crippen LogP contribution in [0, 0.1) is 6.92 Å². The Labute approximate surface area is 112 Å². The number of nitrogens with two attached hydrogens (primary N) is 1. The summed E-state index contributed by atoms with van der Waals surface area (Å²) in [5.74, 6) is 0. The molecule has 0 fully saturated rings. The summed E-state index contributed by atoms with van der Waals surface area (Å²) >= 11 is 0. The van der Waals surface area contributed by atoms with Gasteiger partial charge in [-0.15, -0.1) is 0 Å². The van der Waals surface area contributed by atoms with Crippen LogP contribution in [-0.4, -0.2) is 30.2 Å². The van der Waals surface area contributed by atoms with Crippen molar-refractivity contribution >= 4 is 0 Å². The van der Waals surface area contributed by atoms with Gasteiger partial charge in [-0.25, -0.2) is 0 Å². The van der Waals surface area contributed by atoms with Gasteiger partial charge in [-0.1, -0.05) is 29.8 Å². The molecule has 0 heterocycles. The van der Waals surface area contributed by atoms with Crippen molar-refractivity contribution in [2.75, 3.05) is 13.1 Å². The molecule has 0 aliphatic rings. The van der Waals surface area contributed by atoms with E-state index >= 15 is 0 Å². The molecule has 2 N–H and O–H groups in total. The van der Waals surface area contributed by atoms with Crippen molar-refractivity contribution in [2.24, 2.45) is 5.73 Å². The van der Waals surface area contributed by atoms with Crippen LogP contribution in [0.4, 0.5) is 13.2 Å². The molecule has 1 aromatic carbocycles. The summed E-state index contributed by atoms with van der Waals surface area (Å²) in [6.45, 7) is 4.65. The molecule has 0 spiro atoms. The predicted molar refractivity (Wildman–Crippen MR) is 70.9 cm³/mol. The lowest BCUT2D eigenvalue weighted by Gasteiger charge is -2.35. The Morgan fingerprint density at radius 2 is 1.89 bits per heavy atom. The zero-order valence-corrected chi connectivity index (χ0v) is 11.5. The van der Waals surface area contributed by atoms with Gasteiger partial charge >= 0.3 is 6.18 Å². The van der Waals surface area contributed by atoms with Crippen LogP contribution in [0.5, 0.6) is 0 Å². The van der Waals surface area contributed by atoms with Crippen LogP contribution in [0.3, 0.4) is 0 Å². The third-order valence-corrected chi connectivity index (χ3v) is 3.08. The number of hydrogen-bond donors (Lipinski definition) is 1. The molecule has 5 heteroatoms. The molecule has 0 aliphatic heterocycles. The van der Waals surface area contributed by atoms with Gasteiger partial charge in [0.05, 0.1) is 6.54 Å². The highest BCUT2D eigenvalue weighted by molar-refractivity contribution is 5.25. The zero-order chi connectivity index (χ0) is 14.6. The lowest BCUT2D eigenvalue weighted by atomic mass is 10.0. The largest absolute Gasteiger partial charge is 0.401 e. The maximum Gasteiger partial charge on any atom is 0.401 e. The van der Waals surface area contributed by atoms with Crippen LogP contribution in [0.1, 0.15) is 31.0 Å². The minimum Gasteiger partial charge on any atom is -0.329 e. The van der Waals surface area contributed by atoms with Gasteiger partial charge < -0.3 is 5.73 Å². The smallest absolute Gasteiger partial charge is 0.329 e. The number of aryl methyl sites for hydroxylation is 1. The molecule has 0 saturated heterocycles. The summed E-state index contributed by atoms with van der Waals surface area (Å²) in [6.07, 6.45) is -4.22. The Morgan fingerprint density at radius 1 is 1.26 bits per heavy atom. The van der Waals surface area contributed by atoms with E-state index in [1.54, 1.807) is 13.8 Å². The molecular weight excluding hydrogens is 253 g/mol. The Morgan fingerprint density at radius 3 is 2.32 bits per heavy atom. The second kappa shape index (κ2) is 6.39. The Kier molecular flexibility index (Phi) is 5.38. The molecule has 1 atom stereocenters. The van der Waals surface area contributed by atoms with Gasteiger partial charge in [0.2, 0.25) is 0 Å². The Balaban J connectivity index is 3.03. The van der Waals surface area contributed by atoms with Gasteiger partial charge in [0, 0.05) is 18.6 Å². The molecule has 19 heavy (non-hydrogen) atoms. The summed E-state index contributed by atoms with van der Waals surface area (Å²) in [5, 5.41) is 0. The molecule has 1 unspecified atom stereocenters. The molecule has 1 aromatic rings. The van der Waals surface area contributed by atoms with E-state index in [4.69, 9.17) is 5.73 Å². The minimum atomic E-state index is -4.22. The quantitative estimate of drug-likeness (QED) is 0.893. The van der Waals surface area contributed by atoms with Gasteiger partial charge in [-0.2, -0.15) is 13.2 Å². The lowest BCUT2D eigenvalue weighted by molar-refractivity contribution is -0.155. The highest BCUT2D eigenvalue weighted by Gasteiger charge is 2.35. The highest BCUT2D eigenvalue weighted by atomic mass is 19.4. The number of benzene rings is 1. The van der Waals surface area contributed by atoms with Gasteiger partial charge in [-0.3, -0.25) is 4.90 Å². The fraction of sp³-hybridized carbons (Fsp3) is 0.571. The topological polar surface area (TPSA) is 29.3 Å². The molecule has 0 bridgehead atoms. The summed E-state index contributed by atoms with van der Waals surface area (Å²) in [5.41, 5.74) is 7.56. The number of alkyl halides is 3. The maximum atomic E-state index is 12.7. The zero-order valence-electron chi connectivity index (χ0n) is 11.5. The summed E-state index contributed by atoms with van der Waals surface area (Å²) in [6, 6.07) is 6.84. The molecule has 2 nitrogen and oxygen atoms in total. The average molecular weight is 274 g/mol. The van der Waals surface area contributed by atoms with E-state index in [0.717, 1.165) is 11.1 Å². The fourth-order valence-corrected chi connectivity index (χ4v) is 2.20. The van der Waals surface area contributed by atoms with Crippen molar-refractivity contribution in [3.05, 3.63) is 35.4 Å². The average Bonchev–Trinajstić information content (AvgIpc) is 2.27. The Hall–Kier alpha value is -1.07. The van der Waals surface area contributed by atoms with Crippen LogP contribution in [-0.2, 0) is 0 Å². The van der Waals surface area contributed by atoms with E-state index in [0.29, 0.717) is 0 Å². The third kappa shape index (κ3) is 4.84. The highest BCUT2D eigenvalue weighted by Crippen LogP contribution is 2.27. The van der Waals surface area contributed by atoms with Crippen LogP contribution >= 0.6 is 0 Å². The van der Waals surface area contributed by atoms with Crippen LogP contribution in [0.2, 0.25) is 0 Å². The number of hydrogen-bond acceptors (Lipinski definition) is 2. The van der Waals surface area contributed by atoms with Crippen LogP contribution in [0.25, 0.3) is 0 Å². The first-order valence-electron chi connectivity index (χ1n) is 6.33. The van der Waals surface area contributed by atoms with Crippen molar-refractivity contribution in [1.29, 1.82) is 0 Å². The number of halogens is 3. The normalized spacial score (nSPS) is 14.2. The summed E-state index contributed by atoms with van der Waals surface area (Å²) < 4.78 is 38.0. The first kappa shape index (κ1) is 16.0. The van der Waals surface area contributed by atoms with E-state index in [9.17, 15) is 13.2 Å². The first-order valence-corrected chi connectivity index (χ1v) is 6.33. The minimum absolute atomic E-state index is 0.164. The number of nitrogens with zero attached hydrogens (tertiary/aromatic N) is 1. The molecule has 0 radical (unpaired) electrons. The first-order chi connectivity index (χ1) is 8.74.